The molecule has 6 nitrogen and oxygen atoms in total. The SMILES string of the molecule is CC1(C)c2ccccc2-c2ccc(-n3ccc4cc(-c5ccccc5[N+](=O)[O-])ccc43)cc21.CC1(C)c2ccccc2-c2ccc(-n3ccc4cc5c(cc43)[nH]c3ccccc35)cc21. The number of hydrogen-bond donors (Lipinski definition) is 1. The molecule has 2 aliphatic rings. The van der Waals surface area contributed by atoms with Crippen LogP contribution in [0.2, 0.25) is 0 Å². The molecule has 64 heavy (non-hydrogen) atoms. The van der Waals surface area contributed by atoms with E-state index in [1.165, 1.54) is 82.9 Å². The van der Waals surface area contributed by atoms with Gasteiger partial charge in [-0.25, -0.2) is 0 Å². The lowest BCUT2D eigenvalue weighted by molar-refractivity contribution is -0.384. The molecule has 8 aromatic carbocycles. The number of para-hydroxylation sites is 2. The Balaban J connectivity index is 0.000000135. The van der Waals surface area contributed by atoms with Gasteiger partial charge in [0.1, 0.15) is 0 Å². The number of nitrogens with one attached hydrogen (secondary N) is 1. The first-order chi connectivity index (χ1) is 31.1. The standard InChI is InChI=1S/C29H22N2O2.C29H22N2/c1-29(2)25-9-5-3-8-23(25)24-13-12-21(18-26(24)29)30-16-15-20-17-19(11-14-27(20)30)22-7-4-6-10-28(22)31(32)33;1-29(2)24-9-5-3-7-20(24)21-12-11-19(16-25(21)29)31-14-13-18-15-23-22-8-4-6-10-26(22)30-27(23)17-28(18)31/h3-18H,1-2H3;3-17,30H,1-2H3. The predicted octanol–water partition coefficient (Wildman–Crippen LogP) is 15.1. The summed E-state index contributed by atoms with van der Waals surface area (Å²) >= 11 is 0. The van der Waals surface area contributed by atoms with Crippen LogP contribution in [0.3, 0.4) is 0 Å². The second-order valence-corrected chi connectivity index (χ2v) is 18.3. The average Bonchev–Trinajstić information content (AvgIpc) is 4.12. The summed E-state index contributed by atoms with van der Waals surface area (Å²) in [6, 6.07) is 61.5. The Hall–Kier alpha value is -7.96. The third-order valence-electron chi connectivity index (χ3n) is 14.1. The molecule has 0 atom stereocenters. The Morgan fingerprint density at radius 2 is 0.984 bits per heavy atom. The fourth-order valence-corrected chi connectivity index (χ4v) is 10.8. The van der Waals surface area contributed by atoms with Crippen molar-refractivity contribution in [1.29, 1.82) is 0 Å². The van der Waals surface area contributed by atoms with E-state index in [0.717, 1.165) is 22.2 Å². The first-order valence-corrected chi connectivity index (χ1v) is 21.9. The molecule has 3 aromatic heterocycles. The zero-order valence-corrected chi connectivity index (χ0v) is 36.1. The van der Waals surface area contributed by atoms with Crippen LogP contribution in [-0.2, 0) is 10.8 Å². The van der Waals surface area contributed by atoms with Gasteiger partial charge in [0.05, 0.1) is 21.5 Å². The highest BCUT2D eigenvalue weighted by atomic mass is 16.6. The number of rotatable bonds is 4. The Morgan fingerprint density at radius 1 is 0.453 bits per heavy atom. The van der Waals surface area contributed by atoms with E-state index in [-0.39, 0.29) is 21.4 Å². The Morgan fingerprint density at radius 3 is 1.62 bits per heavy atom. The van der Waals surface area contributed by atoms with Gasteiger partial charge in [-0.3, -0.25) is 10.1 Å². The van der Waals surface area contributed by atoms with E-state index in [1.54, 1.807) is 18.2 Å². The van der Waals surface area contributed by atoms with Gasteiger partial charge < -0.3 is 14.1 Å². The van der Waals surface area contributed by atoms with E-state index in [1.807, 2.05) is 18.2 Å². The molecule has 0 amide bonds. The Kier molecular flexibility index (Phi) is 8.13. The second-order valence-electron chi connectivity index (χ2n) is 18.3. The molecule has 308 valence electrons. The fraction of sp³-hybridized carbons (Fsp3) is 0.103. The largest absolute Gasteiger partial charge is 0.354 e. The summed E-state index contributed by atoms with van der Waals surface area (Å²) in [5.74, 6) is 0. The molecule has 1 N–H and O–H groups in total. The van der Waals surface area contributed by atoms with Crippen LogP contribution in [0.4, 0.5) is 5.69 Å². The van der Waals surface area contributed by atoms with Crippen LogP contribution in [-0.4, -0.2) is 19.0 Å². The summed E-state index contributed by atoms with van der Waals surface area (Å²) in [4.78, 5) is 14.7. The maximum atomic E-state index is 11.5. The van der Waals surface area contributed by atoms with Crippen LogP contribution in [0.25, 0.3) is 88.4 Å². The van der Waals surface area contributed by atoms with Crippen LogP contribution < -0.4 is 0 Å². The van der Waals surface area contributed by atoms with Gasteiger partial charge in [-0.15, -0.1) is 0 Å². The van der Waals surface area contributed by atoms with Crippen molar-refractivity contribution in [2.45, 2.75) is 38.5 Å². The summed E-state index contributed by atoms with van der Waals surface area (Å²) in [5, 5.41) is 16.4. The van der Waals surface area contributed by atoms with Gasteiger partial charge in [0.15, 0.2) is 0 Å². The Bertz CT molecular complexity index is 3730. The number of aromatic amines is 1. The molecule has 0 fully saturated rings. The highest BCUT2D eigenvalue weighted by Crippen LogP contribution is 2.50. The smallest absolute Gasteiger partial charge is 0.277 e. The molecule has 3 heterocycles. The highest BCUT2D eigenvalue weighted by molar-refractivity contribution is 6.11. The van der Waals surface area contributed by atoms with Crippen molar-refractivity contribution in [3.05, 3.63) is 221 Å². The number of nitrogens with zero attached hydrogens (tertiary/aromatic N) is 3. The number of nitro benzene ring substituents is 1. The third kappa shape index (κ3) is 5.58. The molecule has 0 saturated carbocycles. The van der Waals surface area contributed by atoms with Crippen molar-refractivity contribution in [1.82, 2.24) is 14.1 Å². The molecule has 0 spiro atoms. The molecule has 2 aliphatic carbocycles. The highest BCUT2D eigenvalue weighted by Gasteiger charge is 2.36. The van der Waals surface area contributed by atoms with Crippen LogP contribution in [0.5, 0.6) is 0 Å². The lowest BCUT2D eigenvalue weighted by Gasteiger charge is -2.22. The zero-order chi connectivity index (χ0) is 43.5. The summed E-state index contributed by atoms with van der Waals surface area (Å²) in [5.41, 5.74) is 19.4. The van der Waals surface area contributed by atoms with Crippen molar-refractivity contribution in [3.8, 4) is 44.8 Å². The molecule has 0 aliphatic heterocycles. The molecule has 0 bridgehead atoms. The number of fused-ring (bicyclic) bond motifs is 11. The van der Waals surface area contributed by atoms with Crippen molar-refractivity contribution in [2.75, 3.05) is 0 Å². The molecule has 0 unspecified atom stereocenters. The lowest BCUT2D eigenvalue weighted by Crippen LogP contribution is -2.15. The average molecular weight is 829 g/mol. The minimum absolute atomic E-state index is 0.00927. The van der Waals surface area contributed by atoms with E-state index < -0.39 is 0 Å². The van der Waals surface area contributed by atoms with Crippen LogP contribution in [0, 0.1) is 10.1 Å². The van der Waals surface area contributed by atoms with E-state index in [4.69, 9.17) is 0 Å². The van der Waals surface area contributed by atoms with Crippen molar-refractivity contribution >= 4 is 49.3 Å². The maximum absolute atomic E-state index is 11.5. The number of H-pyrrole nitrogens is 1. The summed E-state index contributed by atoms with van der Waals surface area (Å²) in [6.45, 7) is 9.25. The minimum Gasteiger partial charge on any atom is -0.354 e. The van der Waals surface area contributed by atoms with Crippen LogP contribution in [0.1, 0.15) is 49.9 Å². The number of hydrogen-bond acceptors (Lipinski definition) is 2. The Labute approximate surface area is 370 Å². The zero-order valence-electron chi connectivity index (χ0n) is 36.1. The summed E-state index contributed by atoms with van der Waals surface area (Å²) < 4.78 is 4.51. The first-order valence-electron chi connectivity index (χ1n) is 21.9. The van der Waals surface area contributed by atoms with Gasteiger partial charge >= 0.3 is 0 Å². The normalized spacial score (nSPS) is 14.0. The van der Waals surface area contributed by atoms with E-state index in [2.05, 4.69) is 194 Å². The summed E-state index contributed by atoms with van der Waals surface area (Å²) in [7, 11) is 0. The molecule has 13 rings (SSSR count). The van der Waals surface area contributed by atoms with E-state index in [0.29, 0.717) is 5.56 Å². The van der Waals surface area contributed by atoms with Gasteiger partial charge in [0.25, 0.3) is 5.69 Å². The topological polar surface area (TPSA) is 68.8 Å². The van der Waals surface area contributed by atoms with Gasteiger partial charge in [-0.2, -0.15) is 0 Å². The molecule has 0 radical (unpaired) electrons. The van der Waals surface area contributed by atoms with E-state index in [9.17, 15) is 10.1 Å². The predicted molar refractivity (Wildman–Crippen MR) is 263 cm³/mol. The first kappa shape index (κ1) is 37.8. The fourth-order valence-electron chi connectivity index (χ4n) is 10.8. The minimum atomic E-state index is -0.324. The van der Waals surface area contributed by atoms with Crippen LogP contribution in [0.15, 0.2) is 188 Å². The van der Waals surface area contributed by atoms with Gasteiger partial charge in [0, 0.05) is 73.2 Å². The van der Waals surface area contributed by atoms with Crippen molar-refractivity contribution < 1.29 is 4.92 Å². The number of aromatic nitrogens is 3. The molecular weight excluding hydrogens is 785 g/mol. The van der Waals surface area contributed by atoms with Crippen molar-refractivity contribution in [3.63, 3.8) is 0 Å². The van der Waals surface area contributed by atoms with Crippen molar-refractivity contribution in [2.24, 2.45) is 0 Å². The molecule has 11 aromatic rings. The third-order valence-corrected chi connectivity index (χ3v) is 14.1. The molecule has 0 saturated heterocycles. The van der Waals surface area contributed by atoms with Gasteiger partial charge in [0.2, 0.25) is 0 Å². The molecular formula is C58H44N4O2. The van der Waals surface area contributed by atoms with Crippen LogP contribution >= 0.6 is 0 Å². The molecule has 6 heteroatoms. The summed E-state index contributed by atoms with van der Waals surface area (Å²) in [6.07, 6.45) is 4.27. The second kappa shape index (κ2) is 13.8. The number of benzene rings is 8. The van der Waals surface area contributed by atoms with Gasteiger partial charge in [-0.1, -0.05) is 125 Å². The van der Waals surface area contributed by atoms with E-state index >= 15 is 0 Å². The number of nitro groups is 1. The monoisotopic (exact) mass is 828 g/mol. The maximum Gasteiger partial charge on any atom is 0.277 e. The quantitative estimate of drug-likeness (QED) is 0.142. The van der Waals surface area contributed by atoms with Gasteiger partial charge in [-0.05, 0) is 123 Å². The lowest BCUT2D eigenvalue weighted by atomic mass is 9.82.